The van der Waals surface area contributed by atoms with Crippen LogP contribution in [0.4, 0.5) is 5.69 Å². The summed E-state index contributed by atoms with van der Waals surface area (Å²) in [6.45, 7) is 6.80. The van der Waals surface area contributed by atoms with Gasteiger partial charge >= 0.3 is 0 Å². The van der Waals surface area contributed by atoms with E-state index in [9.17, 15) is 8.42 Å². The van der Waals surface area contributed by atoms with Crippen molar-refractivity contribution in [2.75, 3.05) is 17.7 Å². The van der Waals surface area contributed by atoms with Crippen molar-refractivity contribution >= 4 is 15.5 Å². The Morgan fingerprint density at radius 2 is 1.95 bits per heavy atom. The number of anilines is 1. The van der Waals surface area contributed by atoms with Gasteiger partial charge in [-0.15, -0.1) is 0 Å². The van der Waals surface area contributed by atoms with E-state index in [1.54, 1.807) is 19.1 Å². The number of sulfone groups is 1. The number of benzene rings is 1. The standard InChI is InChI=1S/C16H25NO3S/c1-4-21(18,19)15-7-5-13(6-8-15)17-14-9-10-20-16(11-14)12(2)3/h5-8,12,14,16-17H,4,9-11H2,1-3H3. The van der Waals surface area contributed by atoms with Crippen LogP contribution in [0, 0.1) is 5.92 Å². The minimum atomic E-state index is -3.12. The van der Waals surface area contributed by atoms with Gasteiger partial charge < -0.3 is 10.1 Å². The minimum Gasteiger partial charge on any atom is -0.382 e. The molecular weight excluding hydrogens is 286 g/mol. The van der Waals surface area contributed by atoms with Crippen molar-refractivity contribution in [1.82, 2.24) is 0 Å². The fraction of sp³-hybridized carbons (Fsp3) is 0.625. The summed E-state index contributed by atoms with van der Waals surface area (Å²) in [6.07, 6.45) is 2.28. The van der Waals surface area contributed by atoms with Crippen LogP contribution in [0.25, 0.3) is 0 Å². The predicted octanol–water partition coefficient (Wildman–Crippen LogP) is 3.10. The first-order valence-corrected chi connectivity index (χ1v) is 9.28. The highest BCUT2D eigenvalue weighted by atomic mass is 32.2. The van der Waals surface area contributed by atoms with Crippen LogP contribution in [0.3, 0.4) is 0 Å². The number of rotatable bonds is 5. The Balaban J connectivity index is 2.00. The molecule has 1 aliphatic heterocycles. The van der Waals surface area contributed by atoms with Crippen LogP contribution < -0.4 is 5.32 Å². The summed E-state index contributed by atoms with van der Waals surface area (Å²) in [4.78, 5) is 0.391. The Hall–Kier alpha value is -1.07. The van der Waals surface area contributed by atoms with Crippen molar-refractivity contribution in [1.29, 1.82) is 0 Å². The second-order valence-electron chi connectivity index (χ2n) is 5.95. The molecule has 0 saturated carbocycles. The topological polar surface area (TPSA) is 55.4 Å². The first-order chi connectivity index (χ1) is 9.92. The van der Waals surface area contributed by atoms with E-state index in [1.165, 1.54) is 0 Å². The third-order valence-electron chi connectivity index (χ3n) is 4.02. The van der Waals surface area contributed by atoms with E-state index in [2.05, 4.69) is 19.2 Å². The fourth-order valence-corrected chi connectivity index (χ4v) is 3.47. The Kier molecular flexibility index (Phi) is 5.27. The highest BCUT2D eigenvalue weighted by Crippen LogP contribution is 2.24. The lowest BCUT2D eigenvalue weighted by Crippen LogP contribution is -2.36. The molecule has 1 aromatic rings. The van der Waals surface area contributed by atoms with Crippen LogP contribution in [-0.2, 0) is 14.6 Å². The maximum Gasteiger partial charge on any atom is 0.178 e. The molecule has 1 N–H and O–H groups in total. The first-order valence-electron chi connectivity index (χ1n) is 7.63. The van der Waals surface area contributed by atoms with Crippen molar-refractivity contribution in [2.45, 2.75) is 50.7 Å². The van der Waals surface area contributed by atoms with E-state index in [4.69, 9.17) is 4.74 Å². The first kappa shape index (κ1) is 16.3. The quantitative estimate of drug-likeness (QED) is 0.908. The highest BCUT2D eigenvalue weighted by molar-refractivity contribution is 7.91. The molecule has 1 saturated heterocycles. The van der Waals surface area contributed by atoms with Gasteiger partial charge in [0, 0.05) is 18.3 Å². The van der Waals surface area contributed by atoms with E-state index in [0.29, 0.717) is 23.0 Å². The van der Waals surface area contributed by atoms with Crippen LogP contribution in [0.1, 0.15) is 33.6 Å². The number of ether oxygens (including phenoxy) is 1. The van der Waals surface area contributed by atoms with Gasteiger partial charge in [-0.25, -0.2) is 8.42 Å². The Bertz CT molecular complexity index is 551. The van der Waals surface area contributed by atoms with Gasteiger partial charge in [-0.1, -0.05) is 20.8 Å². The summed E-state index contributed by atoms with van der Waals surface area (Å²) in [6, 6.07) is 7.45. The predicted molar refractivity (Wildman–Crippen MR) is 85.4 cm³/mol. The average molecular weight is 311 g/mol. The van der Waals surface area contributed by atoms with Crippen LogP contribution in [0.5, 0.6) is 0 Å². The Labute approximate surface area is 127 Å². The number of hydrogen-bond acceptors (Lipinski definition) is 4. The Morgan fingerprint density at radius 1 is 1.29 bits per heavy atom. The molecule has 0 radical (unpaired) electrons. The normalized spacial score (nSPS) is 23.2. The summed E-state index contributed by atoms with van der Waals surface area (Å²) in [7, 11) is -3.12. The molecular formula is C16H25NO3S. The highest BCUT2D eigenvalue weighted by Gasteiger charge is 2.24. The van der Waals surface area contributed by atoms with Gasteiger partial charge in [0.1, 0.15) is 0 Å². The fourth-order valence-electron chi connectivity index (χ4n) is 2.58. The van der Waals surface area contributed by atoms with E-state index in [0.717, 1.165) is 25.1 Å². The van der Waals surface area contributed by atoms with Gasteiger partial charge in [-0.3, -0.25) is 0 Å². The second kappa shape index (κ2) is 6.79. The van der Waals surface area contributed by atoms with Gasteiger partial charge in [-0.05, 0) is 43.0 Å². The van der Waals surface area contributed by atoms with E-state index >= 15 is 0 Å². The van der Waals surface area contributed by atoms with Crippen molar-refractivity contribution in [3.63, 3.8) is 0 Å². The van der Waals surface area contributed by atoms with Gasteiger partial charge in [0.05, 0.1) is 16.8 Å². The molecule has 118 valence electrons. The van der Waals surface area contributed by atoms with E-state index < -0.39 is 9.84 Å². The molecule has 0 amide bonds. The summed E-state index contributed by atoms with van der Waals surface area (Å²) < 4.78 is 29.3. The van der Waals surface area contributed by atoms with Crippen molar-refractivity contribution in [2.24, 2.45) is 5.92 Å². The van der Waals surface area contributed by atoms with Crippen molar-refractivity contribution in [3.05, 3.63) is 24.3 Å². The summed E-state index contributed by atoms with van der Waals surface area (Å²) >= 11 is 0. The zero-order valence-corrected chi connectivity index (χ0v) is 13.8. The molecule has 4 nitrogen and oxygen atoms in total. The SMILES string of the molecule is CCS(=O)(=O)c1ccc(NC2CCOC(C(C)C)C2)cc1. The number of hydrogen-bond donors (Lipinski definition) is 1. The molecule has 0 aliphatic carbocycles. The maximum absolute atomic E-state index is 11.8. The van der Waals surface area contributed by atoms with Gasteiger partial charge in [0.25, 0.3) is 0 Å². The molecule has 1 aliphatic rings. The largest absolute Gasteiger partial charge is 0.382 e. The van der Waals surface area contributed by atoms with Crippen LogP contribution in [-0.4, -0.2) is 32.9 Å². The van der Waals surface area contributed by atoms with Crippen LogP contribution in [0.2, 0.25) is 0 Å². The van der Waals surface area contributed by atoms with Crippen molar-refractivity contribution < 1.29 is 13.2 Å². The lowest BCUT2D eigenvalue weighted by molar-refractivity contribution is -0.0160. The molecule has 0 bridgehead atoms. The zero-order chi connectivity index (χ0) is 15.5. The molecule has 0 aromatic heterocycles. The van der Waals surface area contributed by atoms with Gasteiger partial charge in [0.15, 0.2) is 9.84 Å². The van der Waals surface area contributed by atoms with Crippen LogP contribution >= 0.6 is 0 Å². The molecule has 1 aromatic carbocycles. The molecule has 2 atom stereocenters. The van der Waals surface area contributed by atoms with Crippen molar-refractivity contribution in [3.8, 4) is 0 Å². The smallest absolute Gasteiger partial charge is 0.178 e. The van der Waals surface area contributed by atoms with Gasteiger partial charge in [0.2, 0.25) is 0 Å². The monoisotopic (exact) mass is 311 g/mol. The lowest BCUT2D eigenvalue weighted by atomic mass is 9.95. The summed E-state index contributed by atoms with van der Waals surface area (Å²) in [5, 5.41) is 3.49. The summed E-state index contributed by atoms with van der Waals surface area (Å²) in [5.41, 5.74) is 0.972. The third-order valence-corrected chi connectivity index (χ3v) is 5.77. The molecule has 1 heterocycles. The number of nitrogens with one attached hydrogen (secondary N) is 1. The second-order valence-corrected chi connectivity index (χ2v) is 8.22. The average Bonchev–Trinajstić information content (AvgIpc) is 2.48. The van der Waals surface area contributed by atoms with Crippen LogP contribution in [0.15, 0.2) is 29.2 Å². The molecule has 5 heteroatoms. The Morgan fingerprint density at radius 3 is 2.52 bits per heavy atom. The molecule has 21 heavy (non-hydrogen) atoms. The molecule has 0 spiro atoms. The summed E-state index contributed by atoms with van der Waals surface area (Å²) in [5.74, 6) is 0.655. The maximum atomic E-state index is 11.8. The van der Waals surface area contributed by atoms with Gasteiger partial charge in [-0.2, -0.15) is 0 Å². The zero-order valence-electron chi connectivity index (χ0n) is 13.0. The van der Waals surface area contributed by atoms with E-state index in [1.807, 2.05) is 12.1 Å². The molecule has 2 unspecified atom stereocenters. The minimum absolute atomic E-state index is 0.135. The lowest BCUT2D eigenvalue weighted by Gasteiger charge is -2.33. The van der Waals surface area contributed by atoms with E-state index in [-0.39, 0.29) is 5.75 Å². The molecule has 2 rings (SSSR count). The third kappa shape index (κ3) is 4.20. The molecule has 1 fully saturated rings.